The van der Waals surface area contributed by atoms with Crippen LogP contribution in [0.25, 0.3) is 0 Å². The van der Waals surface area contributed by atoms with Crippen molar-refractivity contribution in [3.8, 4) is 5.75 Å². The molecule has 0 fully saturated rings. The van der Waals surface area contributed by atoms with Crippen LogP contribution in [0.15, 0.2) is 24.3 Å². The smallest absolute Gasteiger partial charge is 0.145 e. The van der Waals surface area contributed by atoms with Gasteiger partial charge in [-0.2, -0.15) is 0 Å². The van der Waals surface area contributed by atoms with Crippen molar-refractivity contribution in [2.24, 2.45) is 5.73 Å². The van der Waals surface area contributed by atoms with Crippen LogP contribution in [0.5, 0.6) is 5.75 Å². The Labute approximate surface area is 94.9 Å². The first-order valence-electron chi connectivity index (χ1n) is 5.12. The Bertz CT molecular complexity index is 334. The lowest BCUT2D eigenvalue weighted by Gasteiger charge is -2.05. The van der Waals surface area contributed by atoms with E-state index in [0.29, 0.717) is 12.2 Å². The standard InChI is InChI=1S/C12H16N2O2/c1-9(15)2-3-10-4-6-11(7-5-10)16-8-12(13)14/h4-7H,2-3,8H2,1H3,(H3,13,14). The SMILES string of the molecule is CC(=O)CCc1ccc(OCC(=N)N)cc1. The predicted molar refractivity (Wildman–Crippen MR) is 62.9 cm³/mol. The second-order valence-electron chi connectivity index (χ2n) is 3.66. The third kappa shape index (κ3) is 4.59. The fraction of sp³-hybridized carbons (Fsp3) is 0.333. The van der Waals surface area contributed by atoms with Gasteiger partial charge in [-0.05, 0) is 31.0 Å². The number of nitrogens with one attached hydrogen (secondary N) is 1. The zero-order valence-electron chi connectivity index (χ0n) is 9.32. The molecular formula is C12H16N2O2. The normalized spacial score (nSPS) is 9.81. The Hall–Kier alpha value is -1.84. The van der Waals surface area contributed by atoms with Gasteiger partial charge in [-0.25, -0.2) is 0 Å². The lowest BCUT2D eigenvalue weighted by atomic mass is 10.1. The predicted octanol–water partition coefficient (Wildman–Crippen LogP) is 1.52. The average Bonchev–Trinajstić information content (AvgIpc) is 2.25. The molecule has 0 heterocycles. The van der Waals surface area contributed by atoms with E-state index in [9.17, 15) is 4.79 Å². The molecule has 0 aliphatic carbocycles. The van der Waals surface area contributed by atoms with Crippen LogP contribution < -0.4 is 10.5 Å². The summed E-state index contributed by atoms with van der Waals surface area (Å²) in [5.41, 5.74) is 6.27. The Balaban J connectivity index is 2.47. The molecule has 3 N–H and O–H groups in total. The fourth-order valence-corrected chi connectivity index (χ4v) is 1.23. The number of benzene rings is 1. The van der Waals surface area contributed by atoms with Crippen molar-refractivity contribution in [3.63, 3.8) is 0 Å². The third-order valence-electron chi connectivity index (χ3n) is 2.08. The van der Waals surface area contributed by atoms with Crippen LogP contribution in [-0.2, 0) is 11.2 Å². The van der Waals surface area contributed by atoms with Crippen LogP contribution in [0.1, 0.15) is 18.9 Å². The maximum absolute atomic E-state index is 10.8. The second-order valence-corrected chi connectivity index (χ2v) is 3.66. The molecule has 86 valence electrons. The quantitative estimate of drug-likeness (QED) is 0.563. The number of nitrogens with two attached hydrogens (primary N) is 1. The maximum Gasteiger partial charge on any atom is 0.145 e. The van der Waals surface area contributed by atoms with E-state index in [0.717, 1.165) is 12.0 Å². The molecule has 0 bridgehead atoms. The summed E-state index contributed by atoms with van der Waals surface area (Å²) in [4.78, 5) is 10.8. The molecule has 0 aliphatic rings. The summed E-state index contributed by atoms with van der Waals surface area (Å²) < 4.78 is 5.23. The average molecular weight is 220 g/mol. The van der Waals surface area contributed by atoms with Crippen molar-refractivity contribution in [1.82, 2.24) is 0 Å². The van der Waals surface area contributed by atoms with Crippen LogP contribution in [-0.4, -0.2) is 18.2 Å². The van der Waals surface area contributed by atoms with Gasteiger partial charge in [-0.3, -0.25) is 5.41 Å². The van der Waals surface area contributed by atoms with E-state index in [1.54, 1.807) is 6.92 Å². The molecule has 0 atom stereocenters. The van der Waals surface area contributed by atoms with Gasteiger partial charge in [0.05, 0.1) is 0 Å². The highest BCUT2D eigenvalue weighted by atomic mass is 16.5. The fourth-order valence-electron chi connectivity index (χ4n) is 1.23. The first-order chi connectivity index (χ1) is 7.58. The number of ether oxygens (including phenoxy) is 1. The highest BCUT2D eigenvalue weighted by molar-refractivity contribution is 5.78. The van der Waals surface area contributed by atoms with Crippen molar-refractivity contribution in [2.45, 2.75) is 19.8 Å². The summed E-state index contributed by atoms with van der Waals surface area (Å²) in [5.74, 6) is 0.874. The number of Topliss-reactive ketones (excluding diaryl/α,β-unsaturated/α-hetero) is 1. The van der Waals surface area contributed by atoms with E-state index < -0.39 is 0 Å². The molecule has 0 unspecified atom stereocenters. The van der Waals surface area contributed by atoms with Crippen LogP contribution in [0, 0.1) is 5.41 Å². The number of hydrogen-bond acceptors (Lipinski definition) is 3. The summed E-state index contributed by atoms with van der Waals surface area (Å²) >= 11 is 0. The first kappa shape index (κ1) is 12.2. The van der Waals surface area contributed by atoms with E-state index in [2.05, 4.69) is 0 Å². The lowest BCUT2D eigenvalue weighted by molar-refractivity contribution is -0.116. The number of aryl methyl sites for hydroxylation is 1. The van der Waals surface area contributed by atoms with Crippen molar-refractivity contribution >= 4 is 11.6 Å². The maximum atomic E-state index is 10.8. The van der Waals surface area contributed by atoms with E-state index >= 15 is 0 Å². The molecular weight excluding hydrogens is 204 g/mol. The van der Waals surface area contributed by atoms with Crippen LogP contribution in [0.2, 0.25) is 0 Å². The molecule has 4 nitrogen and oxygen atoms in total. The van der Waals surface area contributed by atoms with Gasteiger partial charge >= 0.3 is 0 Å². The minimum atomic E-state index is 0.000608. The minimum absolute atomic E-state index is 0.000608. The number of carbonyl (C=O) groups is 1. The molecule has 0 aromatic heterocycles. The Morgan fingerprint density at radius 3 is 2.50 bits per heavy atom. The van der Waals surface area contributed by atoms with Crippen molar-refractivity contribution < 1.29 is 9.53 Å². The molecule has 1 aromatic rings. The van der Waals surface area contributed by atoms with Crippen molar-refractivity contribution in [3.05, 3.63) is 29.8 Å². The monoisotopic (exact) mass is 220 g/mol. The number of ketones is 1. The van der Waals surface area contributed by atoms with Gasteiger partial charge in [0, 0.05) is 6.42 Å². The largest absolute Gasteiger partial charge is 0.486 e. The molecule has 16 heavy (non-hydrogen) atoms. The highest BCUT2D eigenvalue weighted by Gasteiger charge is 1.98. The summed E-state index contributed by atoms with van der Waals surface area (Å²) in [6.07, 6.45) is 1.32. The molecule has 0 saturated carbocycles. The number of carbonyl (C=O) groups excluding carboxylic acids is 1. The van der Waals surface area contributed by atoms with Crippen LogP contribution >= 0.6 is 0 Å². The van der Waals surface area contributed by atoms with Gasteiger partial charge in [-0.15, -0.1) is 0 Å². The van der Waals surface area contributed by atoms with Gasteiger partial charge in [-0.1, -0.05) is 12.1 Å². The van der Waals surface area contributed by atoms with E-state index in [4.69, 9.17) is 15.9 Å². The minimum Gasteiger partial charge on any atom is -0.486 e. The van der Waals surface area contributed by atoms with E-state index in [1.165, 1.54) is 0 Å². The van der Waals surface area contributed by atoms with Gasteiger partial charge in [0.25, 0.3) is 0 Å². The summed E-state index contributed by atoms with van der Waals surface area (Å²) in [7, 11) is 0. The van der Waals surface area contributed by atoms with Gasteiger partial charge in [0.2, 0.25) is 0 Å². The second kappa shape index (κ2) is 5.90. The number of hydrogen-bond donors (Lipinski definition) is 2. The lowest BCUT2D eigenvalue weighted by Crippen LogP contribution is -2.19. The number of rotatable bonds is 6. The number of amidine groups is 1. The molecule has 0 amide bonds. The van der Waals surface area contributed by atoms with Gasteiger partial charge < -0.3 is 15.3 Å². The zero-order valence-corrected chi connectivity index (χ0v) is 9.32. The Morgan fingerprint density at radius 1 is 1.38 bits per heavy atom. The van der Waals surface area contributed by atoms with E-state index in [1.807, 2.05) is 24.3 Å². The van der Waals surface area contributed by atoms with Crippen LogP contribution in [0.4, 0.5) is 0 Å². The Morgan fingerprint density at radius 2 is 2.00 bits per heavy atom. The van der Waals surface area contributed by atoms with Crippen molar-refractivity contribution in [2.75, 3.05) is 6.61 Å². The molecule has 0 aliphatic heterocycles. The molecule has 0 radical (unpaired) electrons. The summed E-state index contributed by atoms with van der Waals surface area (Å²) in [6, 6.07) is 7.47. The summed E-state index contributed by atoms with van der Waals surface area (Å²) in [5, 5.41) is 7.01. The van der Waals surface area contributed by atoms with Crippen molar-refractivity contribution in [1.29, 1.82) is 5.41 Å². The molecule has 1 rings (SSSR count). The topological polar surface area (TPSA) is 76.2 Å². The van der Waals surface area contributed by atoms with Gasteiger partial charge in [0.15, 0.2) is 0 Å². The third-order valence-corrected chi connectivity index (χ3v) is 2.08. The molecule has 0 saturated heterocycles. The summed E-state index contributed by atoms with van der Waals surface area (Å²) in [6.45, 7) is 1.69. The van der Waals surface area contributed by atoms with Gasteiger partial charge in [0.1, 0.15) is 24.0 Å². The Kier molecular flexibility index (Phi) is 4.51. The zero-order chi connectivity index (χ0) is 12.0. The highest BCUT2D eigenvalue weighted by Crippen LogP contribution is 2.13. The van der Waals surface area contributed by atoms with Crippen LogP contribution in [0.3, 0.4) is 0 Å². The molecule has 0 spiro atoms. The van der Waals surface area contributed by atoms with E-state index in [-0.39, 0.29) is 18.2 Å². The molecule has 4 heteroatoms. The molecule has 1 aromatic carbocycles. The first-order valence-corrected chi connectivity index (χ1v) is 5.12.